The highest BCUT2D eigenvalue weighted by Crippen LogP contribution is 2.26. The normalized spacial score (nSPS) is 18.7. The molecule has 1 aromatic rings. The van der Waals surface area contributed by atoms with Gasteiger partial charge in [0.2, 0.25) is 0 Å². The molecular formula is C12H13BrN2. The number of nitriles is 1. The third-order valence-corrected chi connectivity index (χ3v) is 3.29. The predicted molar refractivity (Wildman–Crippen MR) is 63.3 cm³/mol. The minimum atomic E-state index is -0.0787. The molecule has 1 heterocycles. The zero-order chi connectivity index (χ0) is 10.7. The standard InChI is InChI=1S/C12H13BrN2/c13-11-5-3-4-10(8-11)12(9-14)15-6-1-2-7-15/h3-5,8,12H,1-2,6-7H2/t12-/m1/s1. The molecule has 0 bridgehead atoms. The van der Waals surface area contributed by atoms with Crippen molar-refractivity contribution in [3.63, 3.8) is 0 Å². The molecule has 1 atom stereocenters. The van der Waals surface area contributed by atoms with Crippen LogP contribution in [0.1, 0.15) is 24.4 Å². The summed E-state index contributed by atoms with van der Waals surface area (Å²) in [5, 5.41) is 9.22. The first-order valence-electron chi connectivity index (χ1n) is 5.20. The number of halogens is 1. The number of hydrogen-bond acceptors (Lipinski definition) is 2. The van der Waals surface area contributed by atoms with Crippen LogP contribution < -0.4 is 0 Å². The van der Waals surface area contributed by atoms with E-state index in [1.54, 1.807) is 0 Å². The lowest BCUT2D eigenvalue weighted by atomic mass is 10.1. The lowest BCUT2D eigenvalue weighted by Crippen LogP contribution is -2.24. The highest BCUT2D eigenvalue weighted by Gasteiger charge is 2.22. The Morgan fingerprint density at radius 2 is 2.07 bits per heavy atom. The summed E-state index contributed by atoms with van der Waals surface area (Å²) in [5.74, 6) is 0. The van der Waals surface area contributed by atoms with Gasteiger partial charge in [-0.15, -0.1) is 0 Å². The minimum Gasteiger partial charge on any atom is -0.284 e. The molecule has 15 heavy (non-hydrogen) atoms. The lowest BCUT2D eigenvalue weighted by Gasteiger charge is -2.21. The Morgan fingerprint density at radius 1 is 1.33 bits per heavy atom. The molecule has 0 amide bonds. The second-order valence-corrected chi connectivity index (χ2v) is 4.75. The summed E-state index contributed by atoms with van der Waals surface area (Å²) in [6, 6.07) is 10.3. The van der Waals surface area contributed by atoms with Crippen LogP contribution in [0.3, 0.4) is 0 Å². The predicted octanol–water partition coefficient (Wildman–Crippen LogP) is 3.11. The Hall–Kier alpha value is -0.850. The number of likely N-dealkylation sites (tertiary alicyclic amines) is 1. The zero-order valence-corrected chi connectivity index (χ0v) is 10.1. The molecule has 0 saturated carbocycles. The molecule has 1 aliphatic heterocycles. The SMILES string of the molecule is N#C[C@H](c1cccc(Br)c1)N1CCCC1. The summed E-state index contributed by atoms with van der Waals surface area (Å²) >= 11 is 3.44. The Bertz CT molecular complexity index is 377. The van der Waals surface area contributed by atoms with Crippen LogP contribution in [0.5, 0.6) is 0 Å². The van der Waals surface area contributed by atoms with Gasteiger partial charge in [0.25, 0.3) is 0 Å². The van der Waals surface area contributed by atoms with Gasteiger partial charge in [-0.1, -0.05) is 28.1 Å². The van der Waals surface area contributed by atoms with Gasteiger partial charge >= 0.3 is 0 Å². The molecule has 0 spiro atoms. The van der Waals surface area contributed by atoms with Gasteiger partial charge < -0.3 is 0 Å². The molecule has 0 radical (unpaired) electrons. The molecule has 0 unspecified atom stereocenters. The summed E-state index contributed by atoms with van der Waals surface area (Å²) in [7, 11) is 0. The Morgan fingerprint density at radius 3 is 2.67 bits per heavy atom. The number of nitrogens with zero attached hydrogens (tertiary/aromatic N) is 2. The molecule has 1 aromatic carbocycles. The van der Waals surface area contributed by atoms with E-state index < -0.39 is 0 Å². The van der Waals surface area contributed by atoms with Gasteiger partial charge in [-0.2, -0.15) is 5.26 Å². The Balaban J connectivity index is 2.23. The van der Waals surface area contributed by atoms with E-state index in [0.29, 0.717) is 0 Å². The smallest absolute Gasteiger partial charge is 0.123 e. The van der Waals surface area contributed by atoms with Crippen molar-refractivity contribution in [1.82, 2.24) is 4.90 Å². The van der Waals surface area contributed by atoms with E-state index in [4.69, 9.17) is 0 Å². The fourth-order valence-corrected chi connectivity index (χ4v) is 2.46. The number of rotatable bonds is 2. The van der Waals surface area contributed by atoms with Crippen LogP contribution in [-0.4, -0.2) is 18.0 Å². The molecule has 3 heteroatoms. The summed E-state index contributed by atoms with van der Waals surface area (Å²) < 4.78 is 1.04. The molecule has 2 nitrogen and oxygen atoms in total. The van der Waals surface area contributed by atoms with Gasteiger partial charge in [0, 0.05) is 4.47 Å². The van der Waals surface area contributed by atoms with E-state index in [1.807, 2.05) is 24.3 Å². The molecule has 1 fully saturated rings. The van der Waals surface area contributed by atoms with Crippen LogP contribution in [0.4, 0.5) is 0 Å². The first kappa shape index (κ1) is 10.7. The highest BCUT2D eigenvalue weighted by molar-refractivity contribution is 9.10. The van der Waals surface area contributed by atoms with Gasteiger partial charge in [-0.25, -0.2) is 0 Å². The average Bonchev–Trinajstić information content (AvgIpc) is 2.72. The van der Waals surface area contributed by atoms with E-state index in [9.17, 15) is 5.26 Å². The summed E-state index contributed by atoms with van der Waals surface area (Å²) in [6.07, 6.45) is 2.43. The molecule has 0 aromatic heterocycles. The lowest BCUT2D eigenvalue weighted by molar-refractivity contribution is 0.294. The fourth-order valence-electron chi connectivity index (χ4n) is 2.04. The fraction of sp³-hybridized carbons (Fsp3) is 0.417. The van der Waals surface area contributed by atoms with Gasteiger partial charge in [0.1, 0.15) is 6.04 Å². The third-order valence-electron chi connectivity index (χ3n) is 2.79. The van der Waals surface area contributed by atoms with Crippen molar-refractivity contribution in [3.05, 3.63) is 34.3 Å². The van der Waals surface area contributed by atoms with Crippen molar-refractivity contribution in [2.75, 3.05) is 13.1 Å². The van der Waals surface area contributed by atoms with Gasteiger partial charge in [0.05, 0.1) is 6.07 Å². The van der Waals surface area contributed by atoms with Crippen molar-refractivity contribution in [2.45, 2.75) is 18.9 Å². The van der Waals surface area contributed by atoms with Gasteiger partial charge in [-0.05, 0) is 43.6 Å². The summed E-state index contributed by atoms with van der Waals surface area (Å²) in [5.41, 5.74) is 1.09. The van der Waals surface area contributed by atoms with Gasteiger partial charge in [0.15, 0.2) is 0 Å². The first-order chi connectivity index (χ1) is 7.31. The van der Waals surface area contributed by atoms with Crippen molar-refractivity contribution in [2.24, 2.45) is 0 Å². The second-order valence-electron chi connectivity index (χ2n) is 3.83. The van der Waals surface area contributed by atoms with Crippen molar-refractivity contribution >= 4 is 15.9 Å². The monoisotopic (exact) mass is 264 g/mol. The van der Waals surface area contributed by atoms with Crippen molar-refractivity contribution in [3.8, 4) is 6.07 Å². The average molecular weight is 265 g/mol. The molecular weight excluding hydrogens is 252 g/mol. The van der Waals surface area contributed by atoms with Crippen LogP contribution in [0, 0.1) is 11.3 Å². The highest BCUT2D eigenvalue weighted by atomic mass is 79.9. The summed E-state index contributed by atoms with van der Waals surface area (Å²) in [6.45, 7) is 2.09. The first-order valence-corrected chi connectivity index (χ1v) is 5.99. The summed E-state index contributed by atoms with van der Waals surface area (Å²) in [4.78, 5) is 2.25. The van der Waals surface area contributed by atoms with E-state index in [0.717, 1.165) is 23.1 Å². The third kappa shape index (κ3) is 2.39. The van der Waals surface area contributed by atoms with Crippen LogP contribution >= 0.6 is 15.9 Å². The molecule has 1 saturated heterocycles. The number of hydrogen-bond donors (Lipinski definition) is 0. The van der Waals surface area contributed by atoms with Crippen LogP contribution in [-0.2, 0) is 0 Å². The Kier molecular flexibility index (Phi) is 3.40. The van der Waals surface area contributed by atoms with E-state index >= 15 is 0 Å². The van der Waals surface area contributed by atoms with E-state index in [2.05, 4.69) is 26.9 Å². The quantitative estimate of drug-likeness (QED) is 0.821. The van der Waals surface area contributed by atoms with Crippen molar-refractivity contribution < 1.29 is 0 Å². The van der Waals surface area contributed by atoms with Gasteiger partial charge in [-0.3, -0.25) is 4.90 Å². The largest absolute Gasteiger partial charge is 0.284 e. The molecule has 0 N–H and O–H groups in total. The zero-order valence-electron chi connectivity index (χ0n) is 8.49. The van der Waals surface area contributed by atoms with Crippen LogP contribution in [0.2, 0.25) is 0 Å². The Labute approximate surface area is 98.6 Å². The molecule has 1 aliphatic rings. The molecule has 0 aliphatic carbocycles. The van der Waals surface area contributed by atoms with E-state index in [1.165, 1.54) is 12.8 Å². The van der Waals surface area contributed by atoms with Crippen molar-refractivity contribution in [1.29, 1.82) is 5.26 Å². The van der Waals surface area contributed by atoms with E-state index in [-0.39, 0.29) is 6.04 Å². The minimum absolute atomic E-state index is 0.0787. The second kappa shape index (κ2) is 4.78. The maximum Gasteiger partial charge on any atom is 0.123 e. The maximum atomic E-state index is 9.22. The topological polar surface area (TPSA) is 27.0 Å². The molecule has 78 valence electrons. The van der Waals surface area contributed by atoms with Crippen LogP contribution in [0.25, 0.3) is 0 Å². The maximum absolute atomic E-state index is 9.22. The molecule has 2 rings (SSSR count). The van der Waals surface area contributed by atoms with Crippen LogP contribution in [0.15, 0.2) is 28.7 Å². The number of benzene rings is 1.